The molecule has 3 rings (SSSR count). The zero-order valence-electron chi connectivity index (χ0n) is 12.2. The Morgan fingerprint density at radius 3 is 2.71 bits per heavy atom. The average Bonchev–Trinajstić information content (AvgIpc) is 3.14. The van der Waals surface area contributed by atoms with Crippen molar-refractivity contribution in [2.45, 2.75) is 31.7 Å². The maximum absolute atomic E-state index is 8.60. The molecule has 0 aliphatic heterocycles. The number of hydrogen-bond donors (Lipinski definition) is 3. The van der Waals surface area contributed by atoms with Crippen molar-refractivity contribution in [3.8, 4) is 5.75 Å². The molecule has 0 spiro atoms. The molecule has 2 bridgehead atoms. The van der Waals surface area contributed by atoms with Gasteiger partial charge in [-0.1, -0.05) is 11.6 Å². The first-order valence-corrected chi connectivity index (χ1v) is 7.70. The monoisotopic (exact) mass is 289 g/mol. The number of benzene rings is 1. The van der Waals surface area contributed by atoms with E-state index >= 15 is 0 Å². The Hall–Kier alpha value is -1.75. The van der Waals surface area contributed by atoms with Crippen LogP contribution in [0.15, 0.2) is 29.4 Å². The quantitative estimate of drug-likeness (QED) is 0.246. The number of hydrogen-bond acceptors (Lipinski definition) is 4. The van der Waals surface area contributed by atoms with Gasteiger partial charge in [-0.3, -0.25) is 0 Å². The fraction of sp³-hybridized carbons (Fsp3) is 0.562. The lowest BCUT2D eigenvalue weighted by Gasteiger charge is -2.22. The van der Waals surface area contributed by atoms with Crippen LogP contribution in [-0.4, -0.2) is 30.2 Å². The normalized spacial score (nSPS) is 28.0. The SMILES string of the molecule is NC(=NO)c1ccc(OCCNC2CC3CCC2C3)cc1. The molecule has 114 valence electrons. The molecule has 2 aliphatic rings. The van der Waals surface area contributed by atoms with E-state index in [-0.39, 0.29) is 5.84 Å². The first kappa shape index (κ1) is 14.2. The van der Waals surface area contributed by atoms with Crippen LogP contribution in [0.25, 0.3) is 0 Å². The minimum Gasteiger partial charge on any atom is -0.492 e. The molecular weight excluding hydrogens is 266 g/mol. The van der Waals surface area contributed by atoms with Gasteiger partial charge in [0.05, 0.1) is 0 Å². The van der Waals surface area contributed by atoms with Gasteiger partial charge >= 0.3 is 0 Å². The molecule has 5 heteroatoms. The van der Waals surface area contributed by atoms with Gasteiger partial charge in [-0.25, -0.2) is 0 Å². The average molecular weight is 289 g/mol. The molecule has 0 amide bonds. The van der Waals surface area contributed by atoms with Crippen molar-refractivity contribution in [1.82, 2.24) is 5.32 Å². The van der Waals surface area contributed by atoms with Gasteiger partial charge in [-0.05, 0) is 55.4 Å². The molecule has 2 saturated carbocycles. The van der Waals surface area contributed by atoms with Crippen molar-refractivity contribution in [2.75, 3.05) is 13.2 Å². The number of ether oxygens (including phenoxy) is 1. The van der Waals surface area contributed by atoms with E-state index in [0.29, 0.717) is 18.2 Å². The lowest BCUT2D eigenvalue weighted by Crippen LogP contribution is -2.36. The molecule has 2 aliphatic carbocycles. The molecule has 4 N–H and O–H groups in total. The summed E-state index contributed by atoms with van der Waals surface area (Å²) in [5.41, 5.74) is 6.20. The van der Waals surface area contributed by atoms with E-state index in [1.165, 1.54) is 25.7 Å². The fourth-order valence-corrected chi connectivity index (χ4v) is 3.69. The number of amidine groups is 1. The van der Waals surface area contributed by atoms with Crippen LogP contribution in [0.4, 0.5) is 0 Å². The maximum atomic E-state index is 8.60. The Kier molecular flexibility index (Phi) is 4.29. The highest BCUT2D eigenvalue weighted by molar-refractivity contribution is 5.97. The minimum absolute atomic E-state index is 0.111. The zero-order valence-corrected chi connectivity index (χ0v) is 12.2. The molecule has 1 aromatic carbocycles. The van der Waals surface area contributed by atoms with Crippen molar-refractivity contribution < 1.29 is 9.94 Å². The number of rotatable bonds is 6. The Balaban J connectivity index is 1.39. The van der Waals surface area contributed by atoms with E-state index in [2.05, 4.69) is 10.5 Å². The fourth-order valence-electron chi connectivity index (χ4n) is 3.69. The molecule has 0 radical (unpaired) electrons. The molecule has 0 aromatic heterocycles. The second-order valence-corrected chi connectivity index (χ2v) is 6.09. The Bertz CT molecular complexity index is 501. The van der Waals surface area contributed by atoms with Crippen LogP contribution in [-0.2, 0) is 0 Å². The van der Waals surface area contributed by atoms with E-state index < -0.39 is 0 Å². The van der Waals surface area contributed by atoms with Crippen LogP contribution in [0.1, 0.15) is 31.2 Å². The second kappa shape index (κ2) is 6.35. The molecule has 0 saturated heterocycles. The Morgan fingerprint density at radius 2 is 2.10 bits per heavy atom. The number of fused-ring (bicyclic) bond motifs is 2. The smallest absolute Gasteiger partial charge is 0.170 e. The molecule has 21 heavy (non-hydrogen) atoms. The predicted octanol–water partition coefficient (Wildman–Crippen LogP) is 1.94. The Morgan fingerprint density at radius 1 is 1.29 bits per heavy atom. The molecular formula is C16H23N3O2. The zero-order chi connectivity index (χ0) is 14.7. The van der Waals surface area contributed by atoms with E-state index in [0.717, 1.165) is 24.1 Å². The van der Waals surface area contributed by atoms with Crippen LogP contribution < -0.4 is 15.8 Å². The number of nitrogens with one attached hydrogen (secondary N) is 1. The van der Waals surface area contributed by atoms with Crippen LogP contribution in [0.5, 0.6) is 5.75 Å². The summed E-state index contributed by atoms with van der Waals surface area (Å²) in [5.74, 6) is 2.79. The highest BCUT2D eigenvalue weighted by Gasteiger charge is 2.38. The van der Waals surface area contributed by atoms with Gasteiger partial charge in [-0.2, -0.15) is 0 Å². The summed E-state index contributed by atoms with van der Waals surface area (Å²) in [6.07, 6.45) is 5.61. The lowest BCUT2D eigenvalue weighted by atomic mass is 9.95. The van der Waals surface area contributed by atoms with Crippen LogP contribution in [0.2, 0.25) is 0 Å². The van der Waals surface area contributed by atoms with Gasteiger partial charge in [0.1, 0.15) is 12.4 Å². The summed E-state index contributed by atoms with van der Waals surface area (Å²) in [4.78, 5) is 0. The third-order valence-corrected chi connectivity index (χ3v) is 4.77. The topological polar surface area (TPSA) is 79.9 Å². The third-order valence-electron chi connectivity index (χ3n) is 4.77. The van der Waals surface area contributed by atoms with Crippen LogP contribution >= 0.6 is 0 Å². The highest BCUT2D eigenvalue weighted by atomic mass is 16.5. The molecule has 5 nitrogen and oxygen atoms in total. The van der Waals surface area contributed by atoms with E-state index in [1.54, 1.807) is 12.1 Å². The van der Waals surface area contributed by atoms with Crippen molar-refractivity contribution >= 4 is 5.84 Å². The van der Waals surface area contributed by atoms with Crippen LogP contribution in [0.3, 0.4) is 0 Å². The second-order valence-electron chi connectivity index (χ2n) is 6.09. The number of nitrogens with zero attached hydrogens (tertiary/aromatic N) is 1. The van der Waals surface area contributed by atoms with Gasteiger partial charge in [0.2, 0.25) is 0 Å². The largest absolute Gasteiger partial charge is 0.492 e. The summed E-state index contributed by atoms with van der Waals surface area (Å²) in [5, 5.41) is 15.2. The van der Waals surface area contributed by atoms with Gasteiger partial charge < -0.3 is 21.0 Å². The van der Waals surface area contributed by atoms with Crippen molar-refractivity contribution in [2.24, 2.45) is 22.7 Å². The third kappa shape index (κ3) is 3.29. The Labute approximate surface area is 125 Å². The van der Waals surface area contributed by atoms with Gasteiger partial charge in [0.25, 0.3) is 0 Å². The molecule has 1 aromatic rings. The maximum Gasteiger partial charge on any atom is 0.170 e. The van der Waals surface area contributed by atoms with Gasteiger partial charge in [-0.15, -0.1) is 0 Å². The minimum atomic E-state index is 0.111. The molecule has 0 heterocycles. The summed E-state index contributed by atoms with van der Waals surface area (Å²) < 4.78 is 5.71. The summed E-state index contributed by atoms with van der Waals surface area (Å²) in [6, 6.07) is 7.95. The summed E-state index contributed by atoms with van der Waals surface area (Å²) >= 11 is 0. The van der Waals surface area contributed by atoms with Crippen LogP contribution in [0, 0.1) is 11.8 Å². The highest BCUT2D eigenvalue weighted by Crippen LogP contribution is 2.44. The van der Waals surface area contributed by atoms with E-state index in [9.17, 15) is 0 Å². The predicted molar refractivity (Wildman–Crippen MR) is 81.7 cm³/mol. The van der Waals surface area contributed by atoms with Crippen molar-refractivity contribution in [3.63, 3.8) is 0 Å². The summed E-state index contributed by atoms with van der Waals surface area (Å²) in [6.45, 7) is 1.55. The summed E-state index contributed by atoms with van der Waals surface area (Å²) in [7, 11) is 0. The molecule has 3 atom stereocenters. The molecule has 2 fully saturated rings. The first-order valence-electron chi connectivity index (χ1n) is 7.70. The van der Waals surface area contributed by atoms with E-state index in [4.69, 9.17) is 15.7 Å². The number of oxime groups is 1. The van der Waals surface area contributed by atoms with Gasteiger partial charge in [0.15, 0.2) is 5.84 Å². The van der Waals surface area contributed by atoms with Crippen molar-refractivity contribution in [1.29, 1.82) is 0 Å². The molecule has 3 unspecified atom stereocenters. The first-order chi connectivity index (χ1) is 10.3. The van der Waals surface area contributed by atoms with Crippen molar-refractivity contribution in [3.05, 3.63) is 29.8 Å². The number of nitrogens with two attached hydrogens (primary N) is 1. The lowest BCUT2D eigenvalue weighted by molar-refractivity contribution is 0.282. The van der Waals surface area contributed by atoms with E-state index in [1.807, 2.05) is 12.1 Å². The van der Waals surface area contributed by atoms with Gasteiger partial charge in [0, 0.05) is 18.2 Å². The standard InChI is InChI=1S/C16H23N3O2/c17-16(19-20)12-3-5-14(6-4-12)21-8-7-18-15-10-11-1-2-13(15)9-11/h3-6,11,13,15,18,20H,1-2,7-10H2,(H2,17,19).